The molecule has 2 rings (SSSR count). The van der Waals surface area contributed by atoms with Crippen molar-refractivity contribution in [2.45, 2.75) is 6.42 Å². The third-order valence-electron chi connectivity index (χ3n) is 2.76. The first-order valence-electron chi connectivity index (χ1n) is 5.66. The molecule has 3 nitrogen and oxygen atoms in total. The van der Waals surface area contributed by atoms with Gasteiger partial charge in [0.05, 0.1) is 5.56 Å². The highest BCUT2D eigenvalue weighted by atomic mass is 32.1. The second-order valence-electron chi connectivity index (χ2n) is 4.01. The van der Waals surface area contributed by atoms with Crippen molar-refractivity contribution in [1.82, 2.24) is 4.90 Å². The summed E-state index contributed by atoms with van der Waals surface area (Å²) < 4.78 is 1.16. The molecule has 0 aliphatic rings. The second-order valence-corrected chi connectivity index (χ2v) is 4.93. The zero-order valence-electron chi connectivity index (χ0n) is 9.85. The van der Waals surface area contributed by atoms with Crippen LogP contribution in [0.5, 0.6) is 0 Å². The standard InChI is InChI=1S/C13H16N2OS/c1-15(8-4-7-14)13(16)11-9-17-12-6-3-2-5-10(11)12/h2-3,5-6,9H,4,7-8,14H2,1H3. The van der Waals surface area contributed by atoms with Crippen molar-refractivity contribution in [2.24, 2.45) is 5.73 Å². The molecule has 17 heavy (non-hydrogen) atoms. The van der Waals surface area contributed by atoms with Crippen molar-refractivity contribution < 1.29 is 4.79 Å². The largest absolute Gasteiger partial charge is 0.342 e. The predicted molar refractivity (Wildman–Crippen MR) is 72.5 cm³/mol. The third-order valence-corrected chi connectivity index (χ3v) is 3.72. The van der Waals surface area contributed by atoms with Crippen LogP contribution in [0.2, 0.25) is 0 Å². The zero-order valence-corrected chi connectivity index (χ0v) is 10.7. The average Bonchev–Trinajstić information content (AvgIpc) is 2.78. The molecule has 0 radical (unpaired) electrons. The van der Waals surface area contributed by atoms with Gasteiger partial charge in [-0.3, -0.25) is 4.79 Å². The molecule has 0 atom stereocenters. The number of nitrogens with zero attached hydrogens (tertiary/aromatic N) is 1. The maximum atomic E-state index is 12.2. The van der Waals surface area contributed by atoms with Gasteiger partial charge in [-0.15, -0.1) is 11.3 Å². The maximum Gasteiger partial charge on any atom is 0.255 e. The van der Waals surface area contributed by atoms with E-state index in [2.05, 4.69) is 0 Å². The van der Waals surface area contributed by atoms with Crippen molar-refractivity contribution >= 4 is 27.3 Å². The Bertz CT molecular complexity index is 521. The van der Waals surface area contributed by atoms with Gasteiger partial charge in [0.25, 0.3) is 5.91 Å². The molecule has 0 bridgehead atoms. The van der Waals surface area contributed by atoms with Crippen LogP contribution < -0.4 is 5.73 Å². The number of thiophene rings is 1. The Hall–Kier alpha value is -1.39. The van der Waals surface area contributed by atoms with E-state index in [4.69, 9.17) is 5.73 Å². The Labute approximate surface area is 105 Å². The smallest absolute Gasteiger partial charge is 0.255 e. The van der Waals surface area contributed by atoms with Crippen LogP contribution in [0.15, 0.2) is 29.6 Å². The highest BCUT2D eigenvalue weighted by molar-refractivity contribution is 7.17. The van der Waals surface area contributed by atoms with E-state index in [1.807, 2.05) is 36.7 Å². The Morgan fingerprint density at radius 3 is 2.94 bits per heavy atom. The van der Waals surface area contributed by atoms with E-state index < -0.39 is 0 Å². The highest BCUT2D eigenvalue weighted by Gasteiger charge is 2.15. The molecule has 1 aromatic heterocycles. The van der Waals surface area contributed by atoms with E-state index in [1.165, 1.54) is 0 Å². The van der Waals surface area contributed by atoms with Gasteiger partial charge in [-0.05, 0) is 19.0 Å². The lowest BCUT2D eigenvalue weighted by molar-refractivity contribution is 0.0797. The SMILES string of the molecule is CN(CCCN)C(=O)c1csc2ccccc12. The first-order chi connectivity index (χ1) is 8.24. The molecule has 1 heterocycles. The Balaban J connectivity index is 2.24. The quantitative estimate of drug-likeness (QED) is 0.902. The molecule has 0 aliphatic heterocycles. The number of carbonyl (C=O) groups excluding carboxylic acids is 1. The summed E-state index contributed by atoms with van der Waals surface area (Å²) in [5.41, 5.74) is 6.25. The molecule has 1 aromatic carbocycles. The Morgan fingerprint density at radius 2 is 2.18 bits per heavy atom. The van der Waals surface area contributed by atoms with E-state index in [1.54, 1.807) is 16.2 Å². The second kappa shape index (κ2) is 5.29. The van der Waals surface area contributed by atoms with E-state index >= 15 is 0 Å². The number of rotatable bonds is 4. The van der Waals surface area contributed by atoms with Crippen LogP contribution in [0, 0.1) is 0 Å². The molecular weight excluding hydrogens is 232 g/mol. The van der Waals surface area contributed by atoms with Crippen LogP contribution in [0.1, 0.15) is 16.8 Å². The summed E-state index contributed by atoms with van der Waals surface area (Å²) in [5.74, 6) is 0.0795. The number of amides is 1. The van der Waals surface area contributed by atoms with Crippen LogP contribution in [0.3, 0.4) is 0 Å². The van der Waals surface area contributed by atoms with Gasteiger partial charge in [-0.1, -0.05) is 18.2 Å². The molecule has 1 amide bonds. The van der Waals surface area contributed by atoms with Gasteiger partial charge in [0, 0.05) is 29.1 Å². The van der Waals surface area contributed by atoms with E-state index in [0.29, 0.717) is 13.1 Å². The Morgan fingerprint density at radius 1 is 1.41 bits per heavy atom. The van der Waals surface area contributed by atoms with Gasteiger partial charge in [0.2, 0.25) is 0 Å². The fourth-order valence-corrected chi connectivity index (χ4v) is 2.71. The van der Waals surface area contributed by atoms with Crippen molar-refractivity contribution in [3.63, 3.8) is 0 Å². The normalized spacial score (nSPS) is 10.7. The Kier molecular flexibility index (Phi) is 3.76. The average molecular weight is 248 g/mol. The van der Waals surface area contributed by atoms with Crippen LogP contribution >= 0.6 is 11.3 Å². The van der Waals surface area contributed by atoms with Crippen LogP contribution in [-0.4, -0.2) is 30.9 Å². The first-order valence-corrected chi connectivity index (χ1v) is 6.53. The fourth-order valence-electron chi connectivity index (χ4n) is 1.78. The molecule has 0 saturated carbocycles. The summed E-state index contributed by atoms with van der Waals surface area (Å²) in [6, 6.07) is 7.99. The lowest BCUT2D eigenvalue weighted by atomic mass is 10.1. The molecule has 0 aliphatic carbocycles. The van der Waals surface area contributed by atoms with E-state index in [-0.39, 0.29) is 5.91 Å². The zero-order chi connectivity index (χ0) is 12.3. The minimum absolute atomic E-state index is 0.0795. The van der Waals surface area contributed by atoms with Crippen LogP contribution in [-0.2, 0) is 0 Å². The summed E-state index contributed by atoms with van der Waals surface area (Å²) in [5, 5.41) is 2.98. The van der Waals surface area contributed by atoms with Crippen molar-refractivity contribution in [3.05, 3.63) is 35.2 Å². The molecule has 0 spiro atoms. The molecule has 4 heteroatoms. The van der Waals surface area contributed by atoms with Gasteiger partial charge in [-0.2, -0.15) is 0 Å². The van der Waals surface area contributed by atoms with Crippen LogP contribution in [0.4, 0.5) is 0 Å². The number of nitrogens with two attached hydrogens (primary N) is 1. The molecule has 90 valence electrons. The lowest BCUT2D eigenvalue weighted by Gasteiger charge is -2.16. The molecule has 2 aromatic rings. The third kappa shape index (κ3) is 2.48. The van der Waals surface area contributed by atoms with Gasteiger partial charge in [-0.25, -0.2) is 0 Å². The first kappa shape index (κ1) is 12.1. The van der Waals surface area contributed by atoms with Gasteiger partial charge < -0.3 is 10.6 Å². The number of hydrogen-bond donors (Lipinski definition) is 1. The summed E-state index contributed by atoms with van der Waals surface area (Å²) in [7, 11) is 1.82. The molecular formula is C13H16N2OS. The summed E-state index contributed by atoms with van der Waals surface area (Å²) in [6.07, 6.45) is 0.838. The predicted octanol–water partition coefficient (Wildman–Crippen LogP) is 2.32. The van der Waals surface area contributed by atoms with Crippen molar-refractivity contribution in [3.8, 4) is 0 Å². The van der Waals surface area contributed by atoms with Gasteiger partial charge in [0.15, 0.2) is 0 Å². The summed E-state index contributed by atoms with van der Waals surface area (Å²) in [6.45, 7) is 1.32. The van der Waals surface area contributed by atoms with Crippen molar-refractivity contribution in [2.75, 3.05) is 20.1 Å². The minimum atomic E-state index is 0.0795. The molecule has 2 N–H and O–H groups in total. The maximum absolute atomic E-state index is 12.2. The van der Waals surface area contributed by atoms with Gasteiger partial charge in [0.1, 0.15) is 0 Å². The van der Waals surface area contributed by atoms with Crippen LogP contribution in [0.25, 0.3) is 10.1 Å². The number of benzene rings is 1. The molecule has 0 saturated heterocycles. The van der Waals surface area contributed by atoms with E-state index in [0.717, 1.165) is 22.1 Å². The molecule has 0 unspecified atom stereocenters. The van der Waals surface area contributed by atoms with E-state index in [9.17, 15) is 4.79 Å². The topological polar surface area (TPSA) is 46.3 Å². The number of fused-ring (bicyclic) bond motifs is 1. The number of hydrogen-bond acceptors (Lipinski definition) is 3. The van der Waals surface area contributed by atoms with Crippen molar-refractivity contribution in [1.29, 1.82) is 0 Å². The number of carbonyl (C=O) groups is 1. The fraction of sp³-hybridized carbons (Fsp3) is 0.308. The molecule has 0 fully saturated rings. The summed E-state index contributed by atoms with van der Waals surface area (Å²) >= 11 is 1.61. The minimum Gasteiger partial charge on any atom is -0.342 e. The highest BCUT2D eigenvalue weighted by Crippen LogP contribution is 2.26. The summed E-state index contributed by atoms with van der Waals surface area (Å²) in [4.78, 5) is 14.0. The lowest BCUT2D eigenvalue weighted by Crippen LogP contribution is -2.28. The van der Waals surface area contributed by atoms with Gasteiger partial charge >= 0.3 is 0 Å². The monoisotopic (exact) mass is 248 g/mol.